The quantitative estimate of drug-likeness (QED) is 0.855. The van der Waals surface area contributed by atoms with Crippen LogP contribution in [-0.2, 0) is 10.0 Å². The summed E-state index contributed by atoms with van der Waals surface area (Å²) >= 11 is 11.9. The van der Waals surface area contributed by atoms with Crippen LogP contribution in [0.3, 0.4) is 0 Å². The third-order valence-corrected chi connectivity index (χ3v) is 5.91. The first-order valence-electron chi connectivity index (χ1n) is 6.90. The Labute approximate surface area is 155 Å². The molecule has 0 aliphatic carbocycles. The Balaban J connectivity index is 2.35. The number of rotatable bonds is 4. The molecule has 0 aromatic heterocycles. The summed E-state index contributed by atoms with van der Waals surface area (Å²) in [5.41, 5.74) is 0.775. The molecule has 6 nitrogen and oxygen atoms in total. The second kappa shape index (κ2) is 7.42. The molecule has 0 atom stereocenters. The minimum absolute atomic E-state index is 0.0201. The van der Waals surface area contributed by atoms with E-state index in [0.29, 0.717) is 5.69 Å². The van der Waals surface area contributed by atoms with E-state index in [2.05, 4.69) is 5.32 Å². The number of nitriles is 1. The lowest BCUT2D eigenvalue weighted by molar-refractivity contribution is 0.102. The molecule has 0 unspecified atom stereocenters. The van der Waals surface area contributed by atoms with Gasteiger partial charge in [-0.3, -0.25) is 4.79 Å². The van der Waals surface area contributed by atoms with Crippen LogP contribution in [0.15, 0.2) is 41.3 Å². The topological polar surface area (TPSA) is 90.3 Å². The number of anilines is 1. The van der Waals surface area contributed by atoms with Crippen LogP contribution in [-0.4, -0.2) is 32.7 Å². The maximum atomic E-state index is 12.4. The Morgan fingerprint density at radius 2 is 1.80 bits per heavy atom. The van der Waals surface area contributed by atoms with Crippen LogP contribution in [0.2, 0.25) is 10.0 Å². The molecular formula is C16H13Cl2N3O3S. The molecule has 2 aromatic rings. The SMILES string of the molecule is CN(C)S(=O)(=O)c1cc(C(=O)Nc2ccc(C#N)c(Cl)c2)ccc1Cl. The van der Waals surface area contributed by atoms with Gasteiger partial charge in [-0.05, 0) is 36.4 Å². The van der Waals surface area contributed by atoms with Gasteiger partial charge in [0.25, 0.3) is 5.91 Å². The Kier molecular flexibility index (Phi) is 5.70. The molecular weight excluding hydrogens is 385 g/mol. The molecule has 9 heteroatoms. The molecule has 0 fully saturated rings. The number of benzene rings is 2. The van der Waals surface area contributed by atoms with Crippen molar-refractivity contribution in [2.45, 2.75) is 4.90 Å². The fourth-order valence-electron chi connectivity index (χ4n) is 1.93. The first-order valence-corrected chi connectivity index (χ1v) is 9.09. The zero-order valence-electron chi connectivity index (χ0n) is 13.2. The Morgan fingerprint density at radius 3 is 2.36 bits per heavy atom. The smallest absolute Gasteiger partial charge is 0.255 e. The third-order valence-electron chi connectivity index (χ3n) is 3.30. The van der Waals surface area contributed by atoms with Gasteiger partial charge in [-0.15, -0.1) is 0 Å². The summed E-state index contributed by atoms with van der Waals surface area (Å²) in [4.78, 5) is 12.2. The van der Waals surface area contributed by atoms with E-state index in [0.717, 1.165) is 4.31 Å². The molecule has 130 valence electrons. The lowest BCUT2D eigenvalue weighted by atomic mass is 10.2. The number of hydrogen-bond acceptors (Lipinski definition) is 4. The zero-order chi connectivity index (χ0) is 18.8. The van der Waals surface area contributed by atoms with Crippen LogP contribution >= 0.6 is 23.2 Å². The van der Waals surface area contributed by atoms with Crippen molar-refractivity contribution in [1.29, 1.82) is 5.26 Å². The number of nitrogens with one attached hydrogen (secondary N) is 1. The van der Waals surface area contributed by atoms with Crippen molar-refractivity contribution in [2.75, 3.05) is 19.4 Å². The minimum atomic E-state index is -3.79. The second-order valence-electron chi connectivity index (χ2n) is 5.19. The van der Waals surface area contributed by atoms with E-state index in [1.54, 1.807) is 0 Å². The number of nitrogens with zero attached hydrogens (tertiary/aromatic N) is 2. The standard InChI is InChI=1S/C16H13Cl2N3O3S/c1-21(2)25(23,24)15-7-10(4-6-13(15)17)16(22)20-12-5-3-11(9-19)14(18)8-12/h3-8H,1-2H3,(H,20,22). The van der Waals surface area contributed by atoms with Crippen LogP contribution in [0, 0.1) is 11.3 Å². The largest absolute Gasteiger partial charge is 0.322 e. The van der Waals surface area contributed by atoms with Crippen molar-refractivity contribution >= 4 is 44.8 Å². The van der Waals surface area contributed by atoms with Gasteiger partial charge in [0, 0.05) is 25.3 Å². The van der Waals surface area contributed by atoms with Crippen LogP contribution in [0.25, 0.3) is 0 Å². The molecule has 0 bridgehead atoms. The Hall–Kier alpha value is -2.11. The predicted octanol–water partition coefficient (Wildman–Crippen LogP) is 3.37. The molecule has 0 saturated heterocycles. The highest BCUT2D eigenvalue weighted by molar-refractivity contribution is 7.89. The van der Waals surface area contributed by atoms with Gasteiger partial charge < -0.3 is 5.32 Å². The Morgan fingerprint density at radius 1 is 1.12 bits per heavy atom. The van der Waals surface area contributed by atoms with Crippen LogP contribution in [0.5, 0.6) is 0 Å². The van der Waals surface area contributed by atoms with Gasteiger partial charge in [-0.25, -0.2) is 12.7 Å². The maximum absolute atomic E-state index is 12.4. The lowest BCUT2D eigenvalue weighted by Gasteiger charge is -2.14. The van der Waals surface area contributed by atoms with E-state index < -0.39 is 15.9 Å². The van der Waals surface area contributed by atoms with Gasteiger partial charge in [0.1, 0.15) is 11.0 Å². The van der Waals surface area contributed by atoms with E-state index in [1.807, 2.05) is 6.07 Å². The summed E-state index contributed by atoms with van der Waals surface area (Å²) in [6, 6.07) is 10.3. The van der Waals surface area contributed by atoms with Crippen LogP contribution < -0.4 is 5.32 Å². The van der Waals surface area contributed by atoms with Crippen LogP contribution in [0.1, 0.15) is 15.9 Å². The molecule has 1 amide bonds. The first kappa shape index (κ1) is 19.2. The predicted molar refractivity (Wildman–Crippen MR) is 96.4 cm³/mol. The summed E-state index contributed by atoms with van der Waals surface area (Å²) < 4.78 is 25.5. The van der Waals surface area contributed by atoms with Crippen molar-refractivity contribution in [3.8, 4) is 6.07 Å². The van der Waals surface area contributed by atoms with Crippen molar-refractivity contribution in [3.05, 3.63) is 57.6 Å². The van der Waals surface area contributed by atoms with Crippen molar-refractivity contribution in [1.82, 2.24) is 4.31 Å². The van der Waals surface area contributed by atoms with Crippen molar-refractivity contribution in [2.24, 2.45) is 0 Å². The summed E-state index contributed by atoms with van der Waals surface area (Å²) in [6.45, 7) is 0. The second-order valence-corrected chi connectivity index (χ2v) is 8.13. The van der Waals surface area contributed by atoms with Crippen molar-refractivity contribution < 1.29 is 13.2 Å². The molecule has 0 aliphatic rings. The number of amides is 1. The average molecular weight is 398 g/mol. The van der Waals surface area contributed by atoms with Gasteiger partial charge >= 0.3 is 0 Å². The molecule has 0 heterocycles. The normalized spacial score (nSPS) is 11.2. The highest BCUT2D eigenvalue weighted by Crippen LogP contribution is 2.26. The summed E-state index contributed by atoms with van der Waals surface area (Å²) in [7, 11) is -1.04. The number of carbonyl (C=O) groups excluding carboxylic acids is 1. The average Bonchev–Trinajstić information content (AvgIpc) is 2.55. The minimum Gasteiger partial charge on any atom is -0.322 e. The number of carbonyl (C=O) groups is 1. The van der Waals surface area contributed by atoms with Crippen LogP contribution in [0.4, 0.5) is 5.69 Å². The number of sulfonamides is 1. The monoisotopic (exact) mass is 397 g/mol. The van der Waals surface area contributed by atoms with E-state index >= 15 is 0 Å². The fourth-order valence-corrected chi connectivity index (χ4v) is 3.54. The fraction of sp³-hybridized carbons (Fsp3) is 0.125. The van der Waals surface area contributed by atoms with Gasteiger partial charge in [0.05, 0.1) is 15.6 Å². The summed E-state index contributed by atoms with van der Waals surface area (Å²) in [5, 5.41) is 11.7. The summed E-state index contributed by atoms with van der Waals surface area (Å²) in [6.07, 6.45) is 0. The third kappa shape index (κ3) is 4.11. The van der Waals surface area contributed by atoms with E-state index in [9.17, 15) is 13.2 Å². The van der Waals surface area contributed by atoms with Gasteiger partial charge in [-0.2, -0.15) is 5.26 Å². The molecule has 0 radical (unpaired) electrons. The summed E-state index contributed by atoms with van der Waals surface area (Å²) in [5.74, 6) is -0.535. The number of hydrogen-bond donors (Lipinski definition) is 1. The number of halogens is 2. The zero-order valence-corrected chi connectivity index (χ0v) is 15.6. The molecule has 1 N–H and O–H groups in total. The molecule has 2 aromatic carbocycles. The van der Waals surface area contributed by atoms with E-state index in [4.69, 9.17) is 28.5 Å². The van der Waals surface area contributed by atoms with E-state index in [1.165, 1.54) is 50.5 Å². The van der Waals surface area contributed by atoms with Gasteiger partial charge in [0.15, 0.2) is 0 Å². The Bertz CT molecular complexity index is 983. The highest BCUT2D eigenvalue weighted by atomic mass is 35.5. The molecule has 2 rings (SSSR count). The molecule has 0 saturated carbocycles. The van der Waals surface area contributed by atoms with Crippen molar-refractivity contribution in [3.63, 3.8) is 0 Å². The lowest BCUT2D eigenvalue weighted by Crippen LogP contribution is -2.23. The first-order chi connectivity index (χ1) is 11.7. The maximum Gasteiger partial charge on any atom is 0.255 e. The van der Waals surface area contributed by atoms with Gasteiger partial charge in [0.2, 0.25) is 10.0 Å². The van der Waals surface area contributed by atoms with Gasteiger partial charge in [-0.1, -0.05) is 23.2 Å². The molecule has 0 spiro atoms. The van der Waals surface area contributed by atoms with E-state index in [-0.39, 0.29) is 26.1 Å². The molecule has 25 heavy (non-hydrogen) atoms. The highest BCUT2D eigenvalue weighted by Gasteiger charge is 2.22. The molecule has 0 aliphatic heterocycles.